The van der Waals surface area contributed by atoms with Gasteiger partial charge in [0.2, 0.25) is 15.9 Å². The van der Waals surface area contributed by atoms with Crippen molar-refractivity contribution in [2.45, 2.75) is 12.8 Å². The average molecular weight is 468 g/mol. The molecule has 0 aliphatic heterocycles. The Balaban J connectivity index is 1.97. The monoisotopic (exact) mass is 467 g/mol. The number of halogens is 1. The SMILES string of the molecule is COCCNC(=O)c1ccccc1NC(=O)CCCN(c1ccc(Cl)cc1)S(C)(=O)=O. The highest BCUT2D eigenvalue weighted by Gasteiger charge is 2.18. The minimum atomic E-state index is -3.52. The molecule has 31 heavy (non-hydrogen) atoms. The Morgan fingerprint density at radius 2 is 1.77 bits per heavy atom. The number of carbonyl (C=O) groups is 2. The number of methoxy groups -OCH3 is 1. The highest BCUT2D eigenvalue weighted by atomic mass is 35.5. The molecule has 0 fully saturated rings. The molecule has 2 amide bonds. The van der Waals surface area contributed by atoms with Gasteiger partial charge < -0.3 is 15.4 Å². The molecule has 168 valence electrons. The van der Waals surface area contributed by atoms with Crippen molar-refractivity contribution in [1.82, 2.24) is 5.32 Å². The lowest BCUT2D eigenvalue weighted by atomic mass is 10.1. The Morgan fingerprint density at radius 1 is 1.10 bits per heavy atom. The van der Waals surface area contributed by atoms with Crippen LogP contribution in [0.2, 0.25) is 5.02 Å². The van der Waals surface area contributed by atoms with Crippen LogP contribution in [0.1, 0.15) is 23.2 Å². The minimum absolute atomic E-state index is 0.0826. The molecule has 2 aromatic rings. The van der Waals surface area contributed by atoms with Crippen molar-refractivity contribution in [3.8, 4) is 0 Å². The lowest BCUT2D eigenvalue weighted by Gasteiger charge is -2.22. The maximum Gasteiger partial charge on any atom is 0.253 e. The first-order valence-corrected chi connectivity index (χ1v) is 11.8. The Kier molecular flexibility index (Phi) is 9.29. The third kappa shape index (κ3) is 7.86. The first kappa shape index (κ1) is 24.6. The van der Waals surface area contributed by atoms with Gasteiger partial charge in [0.05, 0.1) is 29.8 Å². The number of carbonyl (C=O) groups excluding carboxylic acids is 2. The van der Waals surface area contributed by atoms with Crippen molar-refractivity contribution < 1.29 is 22.7 Å². The second-order valence-electron chi connectivity index (χ2n) is 6.76. The van der Waals surface area contributed by atoms with Crippen molar-refractivity contribution in [2.75, 3.05) is 42.7 Å². The van der Waals surface area contributed by atoms with Crippen LogP contribution in [0.25, 0.3) is 0 Å². The van der Waals surface area contributed by atoms with Crippen LogP contribution in [-0.4, -0.2) is 53.3 Å². The summed E-state index contributed by atoms with van der Waals surface area (Å²) in [4.78, 5) is 24.7. The normalized spacial score (nSPS) is 11.1. The molecule has 0 aromatic heterocycles. The van der Waals surface area contributed by atoms with Gasteiger partial charge in [0.25, 0.3) is 5.91 Å². The van der Waals surface area contributed by atoms with Crippen molar-refractivity contribution in [3.05, 3.63) is 59.1 Å². The maximum atomic E-state index is 12.4. The molecule has 0 radical (unpaired) electrons. The number of nitrogens with zero attached hydrogens (tertiary/aromatic N) is 1. The van der Waals surface area contributed by atoms with Gasteiger partial charge in [-0.25, -0.2) is 8.42 Å². The molecule has 2 aromatic carbocycles. The van der Waals surface area contributed by atoms with E-state index >= 15 is 0 Å². The highest BCUT2D eigenvalue weighted by molar-refractivity contribution is 7.92. The van der Waals surface area contributed by atoms with Crippen molar-refractivity contribution in [1.29, 1.82) is 0 Å². The van der Waals surface area contributed by atoms with Crippen LogP contribution in [0.5, 0.6) is 0 Å². The average Bonchev–Trinajstić information content (AvgIpc) is 2.72. The molecule has 0 spiro atoms. The summed E-state index contributed by atoms with van der Waals surface area (Å²) in [6, 6.07) is 13.1. The Morgan fingerprint density at radius 3 is 2.42 bits per heavy atom. The van der Waals surface area contributed by atoms with E-state index in [0.717, 1.165) is 6.26 Å². The lowest BCUT2D eigenvalue weighted by molar-refractivity contribution is -0.116. The summed E-state index contributed by atoms with van der Waals surface area (Å²) in [5.74, 6) is -0.638. The fourth-order valence-electron chi connectivity index (χ4n) is 2.84. The standard InChI is InChI=1S/C21H26ClN3O5S/c1-30-15-13-23-21(27)18-6-3-4-7-19(18)24-20(26)8-5-14-25(31(2,28)29)17-11-9-16(22)10-12-17/h3-4,6-7,9-12H,5,8,13-15H2,1-2H3,(H,23,27)(H,24,26). The van der Waals surface area contributed by atoms with E-state index < -0.39 is 10.0 Å². The molecule has 0 saturated heterocycles. The summed E-state index contributed by atoms with van der Waals surface area (Å²) in [7, 11) is -1.98. The van der Waals surface area contributed by atoms with Gasteiger partial charge in [-0.2, -0.15) is 0 Å². The second-order valence-corrected chi connectivity index (χ2v) is 9.10. The first-order valence-electron chi connectivity index (χ1n) is 9.61. The predicted octanol–water partition coefficient (Wildman–Crippen LogP) is 2.90. The number of sulfonamides is 1. The zero-order valence-electron chi connectivity index (χ0n) is 17.4. The van der Waals surface area contributed by atoms with E-state index in [-0.39, 0.29) is 24.8 Å². The summed E-state index contributed by atoms with van der Waals surface area (Å²) in [5.41, 5.74) is 1.20. The number of rotatable bonds is 11. The number of nitrogens with one attached hydrogen (secondary N) is 2. The highest BCUT2D eigenvalue weighted by Crippen LogP contribution is 2.21. The van der Waals surface area contributed by atoms with Crippen LogP contribution in [0, 0.1) is 0 Å². The molecule has 2 N–H and O–H groups in total. The molecule has 2 rings (SSSR count). The third-order valence-electron chi connectivity index (χ3n) is 4.32. The van der Waals surface area contributed by atoms with Crippen molar-refractivity contribution in [3.63, 3.8) is 0 Å². The number of hydrogen-bond donors (Lipinski definition) is 2. The molecule has 0 atom stereocenters. The Bertz CT molecular complexity index is 996. The van der Waals surface area contributed by atoms with Gasteiger partial charge in [-0.1, -0.05) is 23.7 Å². The lowest BCUT2D eigenvalue weighted by Crippen LogP contribution is -2.31. The molecule has 0 heterocycles. The van der Waals surface area contributed by atoms with E-state index in [4.69, 9.17) is 16.3 Å². The van der Waals surface area contributed by atoms with Crippen LogP contribution in [0.4, 0.5) is 11.4 Å². The summed E-state index contributed by atoms with van der Waals surface area (Å²) >= 11 is 5.87. The molecule has 0 aliphatic carbocycles. The topological polar surface area (TPSA) is 105 Å². The van der Waals surface area contributed by atoms with Gasteiger partial charge in [0.1, 0.15) is 0 Å². The Labute approximate surface area is 187 Å². The molecule has 0 unspecified atom stereocenters. The molecule has 0 saturated carbocycles. The molecule has 0 bridgehead atoms. The number of amides is 2. The van der Waals surface area contributed by atoms with Gasteiger partial charge in [-0.05, 0) is 42.8 Å². The van der Waals surface area contributed by atoms with E-state index in [2.05, 4.69) is 10.6 Å². The van der Waals surface area contributed by atoms with Crippen molar-refractivity contribution >= 4 is 44.8 Å². The minimum Gasteiger partial charge on any atom is -0.383 e. The predicted molar refractivity (Wildman–Crippen MR) is 122 cm³/mol. The smallest absolute Gasteiger partial charge is 0.253 e. The number of anilines is 2. The van der Waals surface area contributed by atoms with E-state index in [9.17, 15) is 18.0 Å². The van der Waals surface area contributed by atoms with Gasteiger partial charge in [-0.3, -0.25) is 13.9 Å². The second kappa shape index (κ2) is 11.7. The van der Waals surface area contributed by atoms with E-state index in [0.29, 0.717) is 41.5 Å². The Hall–Kier alpha value is -2.62. The molecule has 8 nitrogen and oxygen atoms in total. The molecular formula is C21H26ClN3O5S. The van der Waals surface area contributed by atoms with Crippen molar-refractivity contribution in [2.24, 2.45) is 0 Å². The summed E-state index contributed by atoms with van der Waals surface area (Å²) in [6.07, 6.45) is 1.49. The number of para-hydroxylation sites is 1. The van der Waals surface area contributed by atoms with E-state index in [1.807, 2.05) is 0 Å². The van der Waals surface area contributed by atoms with E-state index in [1.54, 1.807) is 48.5 Å². The van der Waals surface area contributed by atoms with Crippen LogP contribution < -0.4 is 14.9 Å². The summed E-state index contributed by atoms with van der Waals surface area (Å²) in [5, 5.41) is 5.94. The number of hydrogen-bond acceptors (Lipinski definition) is 5. The van der Waals surface area contributed by atoms with Crippen LogP contribution in [0.15, 0.2) is 48.5 Å². The fraction of sp³-hybridized carbons (Fsp3) is 0.333. The quantitative estimate of drug-likeness (QED) is 0.494. The van der Waals surface area contributed by atoms with Crippen LogP contribution in [-0.2, 0) is 19.6 Å². The number of ether oxygens (including phenoxy) is 1. The van der Waals surface area contributed by atoms with E-state index in [1.165, 1.54) is 11.4 Å². The van der Waals surface area contributed by atoms with Gasteiger partial charge in [0, 0.05) is 31.6 Å². The van der Waals surface area contributed by atoms with Gasteiger partial charge in [0.15, 0.2) is 0 Å². The van der Waals surface area contributed by atoms with Crippen LogP contribution in [0.3, 0.4) is 0 Å². The largest absolute Gasteiger partial charge is 0.383 e. The molecular weight excluding hydrogens is 442 g/mol. The molecule has 0 aliphatic rings. The maximum absolute atomic E-state index is 12.4. The number of benzene rings is 2. The third-order valence-corrected chi connectivity index (χ3v) is 5.76. The summed E-state index contributed by atoms with van der Waals surface area (Å²) < 4.78 is 30.4. The van der Waals surface area contributed by atoms with Gasteiger partial charge in [-0.15, -0.1) is 0 Å². The summed E-state index contributed by atoms with van der Waals surface area (Å²) in [6.45, 7) is 0.862. The first-order chi connectivity index (χ1) is 14.7. The van der Waals surface area contributed by atoms with Gasteiger partial charge >= 0.3 is 0 Å². The zero-order valence-corrected chi connectivity index (χ0v) is 19.0. The fourth-order valence-corrected chi connectivity index (χ4v) is 3.93. The molecule has 10 heteroatoms. The van der Waals surface area contributed by atoms with Crippen LogP contribution >= 0.6 is 11.6 Å². The zero-order chi connectivity index (χ0) is 22.9.